The van der Waals surface area contributed by atoms with Crippen molar-refractivity contribution in [2.75, 3.05) is 26.7 Å². The summed E-state index contributed by atoms with van der Waals surface area (Å²) in [7, 11) is 1.46. The van der Waals surface area contributed by atoms with Crippen LogP contribution < -0.4 is 10.4 Å². The molecule has 0 unspecified atom stereocenters. The van der Waals surface area contributed by atoms with Crippen molar-refractivity contribution in [1.82, 2.24) is 4.90 Å². The van der Waals surface area contributed by atoms with Crippen LogP contribution >= 0.6 is 0 Å². The predicted octanol–water partition coefficient (Wildman–Crippen LogP) is 1.95. The number of hydrogen-bond acceptors (Lipinski definition) is 3. The van der Waals surface area contributed by atoms with Crippen molar-refractivity contribution < 1.29 is 9.84 Å². The summed E-state index contributed by atoms with van der Waals surface area (Å²) in [5.74, 6) is -0.0497. The second-order valence-corrected chi connectivity index (χ2v) is 5.06. The lowest BCUT2D eigenvalue weighted by atomic mass is 10.1. The lowest BCUT2D eigenvalue weighted by Crippen LogP contribution is -2.24. The van der Waals surface area contributed by atoms with Crippen molar-refractivity contribution >= 4 is 11.5 Å². The van der Waals surface area contributed by atoms with Crippen molar-refractivity contribution in [3.63, 3.8) is 0 Å². The number of rotatable bonds is 5. The molecular weight excluding hydrogens is 262 g/mol. The van der Waals surface area contributed by atoms with Gasteiger partial charge in [-0.2, -0.15) is 0 Å². The second kappa shape index (κ2) is 7.14. The summed E-state index contributed by atoms with van der Waals surface area (Å²) in [4.78, 5) is 2.40. The van der Waals surface area contributed by atoms with Crippen LogP contribution in [-0.2, 0) is 4.74 Å². The van der Waals surface area contributed by atoms with Crippen LogP contribution in [0.25, 0.3) is 11.5 Å². The molecule has 1 N–H and O–H groups in total. The van der Waals surface area contributed by atoms with Gasteiger partial charge in [0.25, 0.3) is 5.95 Å². The van der Waals surface area contributed by atoms with Gasteiger partial charge < -0.3 is 9.84 Å². The zero-order valence-electron chi connectivity index (χ0n) is 13.0. The minimum absolute atomic E-state index is 0.0497. The van der Waals surface area contributed by atoms with E-state index < -0.39 is 0 Å². The number of allylic oxidation sites excluding steroid dienone is 2. The van der Waals surface area contributed by atoms with Crippen LogP contribution in [-0.4, -0.2) is 36.8 Å². The van der Waals surface area contributed by atoms with Crippen LogP contribution in [0.4, 0.5) is 0 Å². The van der Waals surface area contributed by atoms with Crippen LogP contribution in [0.15, 0.2) is 48.1 Å². The fourth-order valence-electron chi connectivity index (χ4n) is 2.40. The van der Waals surface area contributed by atoms with Gasteiger partial charge >= 0.3 is 0 Å². The lowest BCUT2D eigenvalue weighted by molar-refractivity contribution is 0.231. The topological polar surface area (TPSA) is 32.7 Å². The number of likely N-dealkylation sites (N-methyl/N-ethyl adjacent to an activating group) is 1. The smallest absolute Gasteiger partial charge is 0.283 e. The Morgan fingerprint density at radius 3 is 2.33 bits per heavy atom. The van der Waals surface area contributed by atoms with Gasteiger partial charge in [-0.05, 0) is 47.7 Å². The highest BCUT2D eigenvalue weighted by Crippen LogP contribution is 2.15. The molecule has 0 aromatic heterocycles. The molecule has 1 aromatic rings. The molecule has 0 bridgehead atoms. The summed E-state index contributed by atoms with van der Waals surface area (Å²) in [6.45, 7) is 7.49. The highest BCUT2D eigenvalue weighted by molar-refractivity contribution is 5.73. The number of aliphatic hydroxyl groups excluding tert-OH is 1. The number of nitrogens with zero attached hydrogens (tertiary/aromatic N) is 1. The monoisotopic (exact) mass is 285 g/mol. The van der Waals surface area contributed by atoms with Gasteiger partial charge in [0.2, 0.25) is 0 Å². The van der Waals surface area contributed by atoms with Gasteiger partial charge in [0.1, 0.15) is 0 Å². The molecule has 1 aromatic carbocycles. The minimum atomic E-state index is -0.0497. The Labute approximate surface area is 126 Å². The Bertz CT molecular complexity index is 643. The predicted molar refractivity (Wildman–Crippen MR) is 87.2 cm³/mol. The Morgan fingerprint density at radius 1 is 1.10 bits per heavy atom. The molecule has 1 aliphatic rings. The summed E-state index contributed by atoms with van der Waals surface area (Å²) in [5.41, 5.74) is 2.55. The number of hydrogen-bond donors (Lipinski definition) is 1. The Balaban J connectivity index is 2.27. The molecular formula is C18H23NO2. The highest BCUT2D eigenvalue weighted by Gasteiger charge is 2.06. The van der Waals surface area contributed by atoms with E-state index in [2.05, 4.69) is 37.0 Å². The van der Waals surface area contributed by atoms with Crippen molar-refractivity contribution in [3.8, 4) is 0 Å². The van der Waals surface area contributed by atoms with E-state index in [-0.39, 0.29) is 5.95 Å². The van der Waals surface area contributed by atoms with Crippen molar-refractivity contribution in [1.29, 1.82) is 0 Å². The van der Waals surface area contributed by atoms with Gasteiger partial charge in [-0.3, -0.25) is 4.90 Å². The van der Waals surface area contributed by atoms with Gasteiger partial charge in [0, 0.05) is 6.54 Å². The van der Waals surface area contributed by atoms with Gasteiger partial charge in [-0.25, -0.2) is 0 Å². The van der Waals surface area contributed by atoms with E-state index in [0.717, 1.165) is 24.9 Å². The second-order valence-electron chi connectivity index (χ2n) is 5.06. The molecule has 1 aliphatic carbocycles. The van der Waals surface area contributed by atoms with Gasteiger partial charge in [0.15, 0.2) is 0 Å². The summed E-state index contributed by atoms with van der Waals surface area (Å²) in [6.07, 6.45) is 6.56. The van der Waals surface area contributed by atoms with Crippen LogP contribution in [0, 0.1) is 0 Å². The molecule has 112 valence electrons. The summed E-state index contributed by atoms with van der Waals surface area (Å²) in [6, 6.07) is 7.73. The fourth-order valence-corrected chi connectivity index (χ4v) is 2.40. The third-order valence-corrected chi connectivity index (χ3v) is 3.78. The average molecular weight is 285 g/mol. The van der Waals surface area contributed by atoms with E-state index in [1.54, 1.807) is 0 Å². The first-order valence-electron chi connectivity index (χ1n) is 7.36. The van der Waals surface area contributed by atoms with Gasteiger partial charge in [0.05, 0.1) is 12.3 Å². The third-order valence-electron chi connectivity index (χ3n) is 3.78. The molecule has 0 saturated heterocycles. The SMILES string of the molecule is CCN(CC)CC1=CC(=c2ccc(=C(O)OC)cc2)C=C1. The molecule has 0 spiro atoms. The van der Waals surface area contributed by atoms with Crippen LogP contribution in [0.5, 0.6) is 0 Å². The first kappa shape index (κ1) is 15.4. The first-order valence-corrected chi connectivity index (χ1v) is 7.36. The summed E-state index contributed by atoms with van der Waals surface area (Å²) < 4.78 is 4.82. The lowest BCUT2D eigenvalue weighted by Gasteiger charge is -2.17. The zero-order valence-corrected chi connectivity index (χ0v) is 13.0. The van der Waals surface area contributed by atoms with Gasteiger partial charge in [-0.15, -0.1) is 0 Å². The largest absolute Gasteiger partial charge is 0.481 e. The molecule has 0 radical (unpaired) electrons. The minimum Gasteiger partial charge on any atom is -0.481 e. The normalized spacial score (nSPS) is 13.7. The van der Waals surface area contributed by atoms with E-state index in [1.165, 1.54) is 18.3 Å². The van der Waals surface area contributed by atoms with Crippen LogP contribution in [0.3, 0.4) is 0 Å². The molecule has 21 heavy (non-hydrogen) atoms. The van der Waals surface area contributed by atoms with E-state index in [0.29, 0.717) is 5.22 Å². The van der Waals surface area contributed by atoms with E-state index in [4.69, 9.17) is 4.74 Å². The highest BCUT2D eigenvalue weighted by atomic mass is 16.6. The van der Waals surface area contributed by atoms with Crippen molar-refractivity contribution in [2.45, 2.75) is 13.8 Å². The van der Waals surface area contributed by atoms with Gasteiger partial charge in [-0.1, -0.05) is 38.1 Å². The molecule has 0 atom stereocenters. The zero-order chi connectivity index (χ0) is 15.2. The van der Waals surface area contributed by atoms with E-state index >= 15 is 0 Å². The average Bonchev–Trinajstić information content (AvgIpc) is 3.00. The molecule has 0 heterocycles. The van der Waals surface area contributed by atoms with Crippen LogP contribution in [0.1, 0.15) is 13.8 Å². The van der Waals surface area contributed by atoms with E-state index in [1.807, 2.05) is 24.3 Å². The first-order chi connectivity index (χ1) is 10.2. The Morgan fingerprint density at radius 2 is 1.76 bits per heavy atom. The molecule has 0 saturated carbocycles. The molecule has 0 amide bonds. The summed E-state index contributed by atoms with van der Waals surface area (Å²) in [5, 5.41) is 11.4. The number of ether oxygens (including phenoxy) is 1. The fraction of sp³-hybridized carbons (Fsp3) is 0.333. The molecule has 3 nitrogen and oxygen atoms in total. The number of benzene rings is 1. The molecule has 3 heteroatoms. The summed E-state index contributed by atoms with van der Waals surface area (Å²) >= 11 is 0. The standard InChI is InChI=1S/C18H23NO2/c1-4-19(5-2)13-14-6-7-17(12-14)15-8-10-16(11-9-15)18(20)21-3/h6-12,20H,4-5,13H2,1-3H3. The van der Waals surface area contributed by atoms with Crippen molar-refractivity contribution in [2.24, 2.45) is 0 Å². The molecule has 0 aliphatic heterocycles. The quantitative estimate of drug-likeness (QED) is 0.897. The third kappa shape index (κ3) is 3.76. The Hall–Kier alpha value is -2.00. The van der Waals surface area contributed by atoms with Crippen molar-refractivity contribution in [3.05, 3.63) is 58.5 Å². The maximum absolute atomic E-state index is 9.54. The molecule has 0 fully saturated rings. The number of methoxy groups -OCH3 is 1. The molecule has 2 rings (SSSR count). The Kier molecular flexibility index (Phi) is 5.23. The van der Waals surface area contributed by atoms with Crippen LogP contribution in [0.2, 0.25) is 0 Å². The maximum Gasteiger partial charge on any atom is 0.283 e. The number of aliphatic hydroxyl groups is 1. The van der Waals surface area contributed by atoms with E-state index in [9.17, 15) is 5.11 Å². The maximum atomic E-state index is 9.54.